The van der Waals surface area contributed by atoms with Crippen LogP contribution in [-0.4, -0.2) is 17.6 Å². The number of anilines is 1. The van der Waals surface area contributed by atoms with Gasteiger partial charge < -0.3 is 14.6 Å². The number of nitrogens with one attached hydrogen (secondary N) is 1. The lowest BCUT2D eigenvalue weighted by Gasteiger charge is -2.19. The molecule has 4 nitrogen and oxygen atoms in total. The zero-order chi connectivity index (χ0) is 14.7. The van der Waals surface area contributed by atoms with Gasteiger partial charge in [-0.1, -0.05) is 19.9 Å². The van der Waals surface area contributed by atoms with E-state index in [1.165, 1.54) is 17.7 Å². The lowest BCUT2D eigenvalue weighted by Crippen LogP contribution is -2.25. The van der Waals surface area contributed by atoms with Crippen LogP contribution in [0.25, 0.3) is 0 Å². The highest BCUT2D eigenvalue weighted by atomic mass is 32.1. The second-order valence-electron chi connectivity index (χ2n) is 6.08. The number of hydrogen-bond acceptors (Lipinski definition) is 5. The fourth-order valence-electron chi connectivity index (χ4n) is 2.31. The molecule has 1 saturated carbocycles. The minimum absolute atomic E-state index is 0.599. The van der Waals surface area contributed by atoms with Crippen LogP contribution in [0.15, 0.2) is 28.2 Å². The number of hydrogen-bond donors (Lipinski definition) is 1. The summed E-state index contributed by atoms with van der Waals surface area (Å²) in [5, 5.41) is 5.53. The molecule has 2 heterocycles. The fraction of sp³-hybridized carbons (Fsp3) is 0.562. The van der Waals surface area contributed by atoms with E-state index in [2.05, 4.69) is 46.6 Å². The molecule has 0 unspecified atom stereocenters. The van der Waals surface area contributed by atoms with E-state index in [1.807, 2.05) is 0 Å². The van der Waals surface area contributed by atoms with Crippen molar-refractivity contribution in [1.82, 2.24) is 10.3 Å². The molecule has 2 aromatic rings. The summed E-state index contributed by atoms with van der Waals surface area (Å²) in [6.45, 7) is 7.10. The second-order valence-corrected chi connectivity index (χ2v) is 7.12. The first-order valence-corrected chi connectivity index (χ1v) is 8.54. The normalized spacial score (nSPS) is 14.8. The summed E-state index contributed by atoms with van der Waals surface area (Å²) in [5.74, 6) is 0.651. The Morgan fingerprint density at radius 2 is 2.33 bits per heavy atom. The summed E-state index contributed by atoms with van der Waals surface area (Å²) >= 11 is 1.79. The van der Waals surface area contributed by atoms with Gasteiger partial charge in [-0.25, -0.2) is 0 Å². The van der Waals surface area contributed by atoms with Gasteiger partial charge in [-0.2, -0.15) is 4.98 Å². The monoisotopic (exact) mass is 305 g/mol. The third-order valence-corrected chi connectivity index (χ3v) is 4.40. The van der Waals surface area contributed by atoms with Crippen LogP contribution in [0.3, 0.4) is 0 Å². The maximum Gasteiger partial charge on any atom is 0.298 e. The zero-order valence-electron chi connectivity index (χ0n) is 12.7. The van der Waals surface area contributed by atoms with Gasteiger partial charge in [0.2, 0.25) is 0 Å². The molecule has 0 atom stereocenters. The summed E-state index contributed by atoms with van der Waals surface area (Å²) < 4.78 is 5.71. The highest BCUT2D eigenvalue weighted by Crippen LogP contribution is 2.33. The summed E-state index contributed by atoms with van der Waals surface area (Å²) in [7, 11) is 0. The molecular formula is C16H23N3OS. The Hall–Kier alpha value is -1.33. The molecular weight excluding hydrogens is 282 g/mol. The molecule has 1 aliphatic carbocycles. The van der Waals surface area contributed by atoms with E-state index >= 15 is 0 Å². The molecule has 0 amide bonds. The highest BCUT2D eigenvalue weighted by molar-refractivity contribution is 7.09. The van der Waals surface area contributed by atoms with Crippen LogP contribution in [0.4, 0.5) is 6.01 Å². The van der Waals surface area contributed by atoms with Gasteiger partial charge in [-0.15, -0.1) is 11.3 Å². The minimum atomic E-state index is 0.599. The van der Waals surface area contributed by atoms with Crippen molar-refractivity contribution >= 4 is 17.4 Å². The Kier molecular flexibility index (Phi) is 4.60. The van der Waals surface area contributed by atoms with Crippen molar-refractivity contribution in [2.75, 3.05) is 11.4 Å². The van der Waals surface area contributed by atoms with Gasteiger partial charge in [-0.3, -0.25) is 0 Å². The van der Waals surface area contributed by atoms with E-state index in [9.17, 15) is 0 Å². The van der Waals surface area contributed by atoms with Crippen LogP contribution in [0.2, 0.25) is 0 Å². The average molecular weight is 305 g/mol. The van der Waals surface area contributed by atoms with Gasteiger partial charge in [0.1, 0.15) is 6.26 Å². The molecule has 3 rings (SSSR count). The third-order valence-electron chi connectivity index (χ3n) is 3.54. The molecule has 0 aliphatic heterocycles. The second kappa shape index (κ2) is 6.62. The Labute approximate surface area is 130 Å². The molecule has 0 spiro atoms. The van der Waals surface area contributed by atoms with Crippen LogP contribution < -0.4 is 10.2 Å². The lowest BCUT2D eigenvalue weighted by atomic mass is 10.2. The van der Waals surface area contributed by atoms with Gasteiger partial charge in [0.05, 0.1) is 12.2 Å². The molecule has 0 aromatic carbocycles. The first-order chi connectivity index (χ1) is 10.2. The Morgan fingerprint density at radius 3 is 3.00 bits per heavy atom. The van der Waals surface area contributed by atoms with E-state index in [0.29, 0.717) is 12.0 Å². The van der Waals surface area contributed by atoms with Crippen LogP contribution >= 0.6 is 11.3 Å². The maximum absolute atomic E-state index is 5.71. The number of aromatic nitrogens is 1. The van der Waals surface area contributed by atoms with Crippen molar-refractivity contribution in [2.45, 2.75) is 45.8 Å². The summed E-state index contributed by atoms with van der Waals surface area (Å²) in [4.78, 5) is 8.31. The smallest absolute Gasteiger partial charge is 0.298 e. The molecule has 114 valence electrons. The predicted molar refractivity (Wildman–Crippen MR) is 86.6 cm³/mol. The fourth-order valence-corrected chi connectivity index (χ4v) is 3.01. The van der Waals surface area contributed by atoms with Crippen LogP contribution in [0.1, 0.15) is 37.3 Å². The lowest BCUT2D eigenvalue weighted by molar-refractivity contribution is 0.525. The molecule has 1 aliphatic rings. The Balaban J connectivity index is 1.62. The van der Waals surface area contributed by atoms with Crippen molar-refractivity contribution in [2.24, 2.45) is 5.92 Å². The van der Waals surface area contributed by atoms with Crippen LogP contribution in [0, 0.1) is 5.92 Å². The van der Waals surface area contributed by atoms with Crippen molar-refractivity contribution in [3.63, 3.8) is 0 Å². The van der Waals surface area contributed by atoms with E-state index < -0.39 is 0 Å². The Morgan fingerprint density at radius 1 is 1.48 bits per heavy atom. The SMILES string of the molecule is CC(C)CNCc1coc(N(Cc2cccs2)C2CC2)n1. The van der Waals surface area contributed by atoms with E-state index in [4.69, 9.17) is 4.42 Å². The first kappa shape index (κ1) is 14.6. The molecule has 5 heteroatoms. The third kappa shape index (κ3) is 4.08. The van der Waals surface area contributed by atoms with Gasteiger partial charge in [0.25, 0.3) is 6.01 Å². The molecule has 1 N–H and O–H groups in total. The predicted octanol–water partition coefficient (Wildman–Crippen LogP) is 3.65. The van der Waals surface area contributed by atoms with Crippen molar-refractivity contribution in [3.05, 3.63) is 34.3 Å². The molecule has 1 fully saturated rings. The molecule has 0 radical (unpaired) electrons. The quantitative estimate of drug-likeness (QED) is 0.808. The van der Waals surface area contributed by atoms with Gasteiger partial charge in [-0.05, 0) is 36.8 Å². The summed E-state index contributed by atoms with van der Waals surface area (Å²) in [6, 6.07) is 5.64. The summed E-state index contributed by atoms with van der Waals surface area (Å²) in [6.07, 6.45) is 4.27. The van der Waals surface area contributed by atoms with Gasteiger partial charge in [0.15, 0.2) is 0 Å². The molecule has 2 aromatic heterocycles. The van der Waals surface area contributed by atoms with E-state index in [0.717, 1.165) is 31.3 Å². The number of nitrogens with zero attached hydrogens (tertiary/aromatic N) is 2. The van der Waals surface area contributed by atoms with Crippen molar-refractivity contribution < 1.29 is 4.42 Å². The largest absolute Gasteiger partial charge is 0.432 e. The number of rotatable bonds is 8. The van der Waals surface area contributed by atoms with Gasteiger partial charge in [0, 0.05) is 17.5 Å². The highest BCUT2D eigenvalue weighted by Gasteiger charge is 2.32. The maximum atomic E-state index is 5.71. The van der Waals surface area contributed by atoms with Crippen molar-refractivity contribution in [1.29, 1.82) is 0 Å². The average Bonchev–Trinajstić information content (AvgIpc) is 2.97. The topological polar surface area (TPSA) is 41.3 Å². The molecule has 0 bridgehead atoms. The number of thiophene rings is 1. The molecule has 21 heavy (non-hydrogen) atoms. The van der Waals surface area contributed by atoms with Gasteiger partial charge >= 0.3 is 0 Å². The Bertz CT molecular complexity index is 546. The zero-order valence-corrected chi connectivity index (χ0v) is 13.5. The summed E-state index contributed by atoms with van der Waals surface area (Å²) in [5.41, 5.74) is 0.988. The minimum Gasteiger partial charge on any atom is -0.432 e. The standard InChI is InChI=1S/C16H23N3OS/c1-12(2)8-17-9-13-11-20-16(18-13)19(14-5-6-14)10-15-4-3-7-21-15/h3-4,7,11-12,14,17H,5-6,8-10H2,1-2H3. The van der Waals surface area contributed by atoms with Crippen LogP contribution in [0.5, 0.6) is 0 Å². The first-order valence-electron chi connectivity index (χ1n) is 7.66. The van der Waals surface area contributed by atoms with Crippen molar-refractivity contribution in [3.8, 4) is 0 Å². The van der Waals surface area contributed by atoms with E-state index in [-0.39, 0.29) is 0 Å². The molecule has 0 saturated heterocycles. The number of oxazole rings is 1. The van der Waals surface area contributed by atoms with Crippen LogP contribution in [-0.2, 0) is 13.1 Å². The van der Waals surface area contributed by atoms with E-state index in [1.54, 1.807) is 17.6 Å².